The van der Waals surface area contributed by atoms with Gasteiger partial charge in [0, 0.05) is 10.5 Å². The van der Waals surface area contributed by atoms with Gasteiger partial charge in [-0.2, -0.15) is 0 Å². The molecular weight excluding hydrogens is 232 g/mol. The van der Waals surface area contributed by atoms with E-state index in [1.54, 1.807) is 0 Å². The van der Waals surface area contributed by atoms with Gasteiger partial charge in [-0.05, 0) is 48.1 Å². The maximum absolute atomic E-state index is 2.23. The lowest BCUT2D eigenvalue weighted by Gasteiger charge is -2.06. The van der Waals surface area contributed by atoms with Gasteiger partial charge in [-0.3, -0.25) is 0 Å². The summed E-state index contributed by atoms with van der Waals surface area (Å²) >= 11 is 3.73. The van der Waals surface area contributed by atoms with Gasteiger partial charge < -0.3 is 0 Å². The molecule has 0 bridgehead atoms. The molecule has 0 spiro atoms. The zero-order valence-corrected chi connectivity index (χ0v) is 10.9. The molecule has 0 amide bonds. The number of fused-ring (bicyclic) bond motifs is 2. The summed E-state index contributed by atoms with van der Waals surface area (Å²) in [6.45, 7) is 4.45. The number of benzene rings is 1. The number of hydrogen-bond donors (Lipinski definition) is 0. The predicted molar refractivity (Wildman–Crippen MR) is 73.0 cm³/mol. The van der Waals surface area contributed by atoms with Crippen molar-refractivity contribution in [1.29, 1.82) is 0 Å². The highest BCUT2D eigenvalue weighted by Crippen LogP contribution is 2.45. The maximum atomic E-state index is 2.23. The Hall–Kier alpha value is -0.990. The minimum absolute atomic E-state index is 1.38. The van der Waals surface area contributed by atoms with Crippen molar-refractivity contribution in [3.63, 3.8) is 0 Å². The van der Waals surface area contributed by atoms with Crippen LogP contribution in [0, 0.1) is 0 Å². The Balaban J connectivity index is 2.32. The van der Waals surface area contributed by atoms with Gasteiger partial charge >= 0.3 is 0 Å². The minimum Gasteiger partial charge on any atom is -0.136 e. The molecule has 0 saturated heterocycles. The summed E-state index contributed by atoms with van der Waals surface area (Å²) in [5.41, 5.74) is 5.60. The summed E-state index contributed by atoms with van der Waals surface area (Å²) in [6, 6.07) is 10.9. The molecule has 3 rings (SSSR count). The Labute approximate surface area is 104 Å². The lowest BCUT2D eigenvalue weighted by molar-refractivity contribution is 1.39. The van der Waals surface area contributed by atoms with E-state index < -0.39 is 0 Å². The standard InChI is InChI=1S/C14H12S2/c1-9-10(2)12-7-8-15-14(12)16-13-6-4-3-5-11(9)13/h3-8H,1-2H3. The van der Waals surface area contributed by atoms with Crippen molar-refractivity contribution in [2.75, 3.05) is 0 Å². The van der Waals surface area contributed by atoms with Crippen LogP contribution in [0.4, 0.5) is 0 Å². The zero-order chi connectivity index (χ0) is 11.1. The van der Waals surface area contributed by atoms with Gasteiger partial charge in [0.25, 0.3) is 0 Å². The molecule has 2 aromatic rings. The molecule has 0 unspecified atom stereocenters. The van der Waals surface area contributed by atoms with Crippen molar-refractivity contribution >= 4 is 34.2 Å². The quantitative estimate of drug-likeness (QED) is 0.616. The molecule has 0 radical (unpaired) electrons. The van der Waals surface area contributed by atoms with E-state index in [1.165, 1.54) is 31.4 Å². The van der Waals surface area contributed by atoms with E-state index >= 15 is 0 Å². The Morgan fingerprint density at radius 3 is 2.50 bits per heavy atom. The summed E-state index contributed by atoms with van der Waals surface area (Å²) < 4.78 is 1.42. The molecule has 1 aromatic heterocycles. The first-order valence-corrected chi connectivity index (χ1v) is 6.99. The third kappa shape index (κ3) is 1.45. The molecule has 0 nitrogen and oxygen atoms in total. The number of thiophene rings is 1. The summed E-state index contributed by atoms with van der Waals surface area (Å²) in [5, 5.41) is 2.18. The van der Waals surface area contributed by atoms with Crippen LogP contribution in [0.3, 0.4) is 0 Å². The van der Waals surface area contributed by atoms with E-state index in [0.717, 1.165) is 0 Å². The van der Waals surface area contributed by atoms with Crippen molar-refractivity contribution in [1.82, 2.24) is 0 Å². The zero-order valence-electron chi connectivity index (χ0n) is 9.28. The molecule has 0 N–H and O–H groups in total. The number of rotatable bonds is 0. The van der Waals surface area contributed by atoms with Crippen molar-refractivity contribution in [3.8, 4) is 0 Å². The van der Waals surface area contributed by atoms with E-state index in [2.05, 4.69) is 49.6 Å². The van der Waals surface area contributed by atoms with Crippen LogP contribution in [0.15, 0.2) is 44.8 Å². The molecule has 2 heteroatoms. The minimum atomic E-state index is 1.38. The van der Waals surface area contributed by atoms with Gasteiger partial charge in [0.15, 0.2) is 0 Å². The lowest BCUT2D eigenvalue weighted by atomic mass is 9.99. The van der Waals surface area contributed by atoms with Crippen LogP contribution in [0.1, 0.15) is 25.0 Å². The fourth-order valence-electron chi connectivity index (χ4n) is 2.02. The van der Waals surface area contributed by atoms with Crippen LogP contribution >= 0.6 is 23.1 Å². The van der Waals surface area contributed by atoms with Crippen LogP contribution in [0.25, 0.3) is 11.1 Å². The third-order valence-electron chi connectivity index (χ3n) is 3.09. The van der Waals surface area contributed by atoms with Crippen LogP contribution in [0.5, 0.6) is 0 Å². The van der Waals surface area contributed by atoms with E-state index in [4.69, 9.17) is 0 Å². The van der Waals surface area contributed by atoms with E-state index in [0.29, 0.717) is 0 Å². The van der Waals surface area contributed by atoms with Gasteiger partial charge in [0.1, 0.15) is 0 Å². The van der Waals surface area contributed by atoms with Crippen molar-refractivity contribution in [3.05, 3.63) is 46.8 Å². The van der Waals surface area contributed by atoms with E-state index in [1.807, 2.05) is 23.1 Å². The molecular formula is C14H12S2. The lowest BCUT2D eigenvalue weighted by Crippen LogP contribution is -1.84. The summed E-state index contributed by atoms with van der Waals surface area (Å²) in [5.74, 6) is 0. The Morgan fingerprint density at radius 2 is 1.62 bits per heavy atom. The van der Waals surface area contributed by atoms with E-state index in [-0.39, 0.29) is 0 Å². The number of hydrogen-bond acceptors (Lipinski definition) is 2. The van der Waals surface area contributed by atoms with Gasteiger partial charge in [0.2, 0.25) is 0 Å². The molecule has 1 aromatic carbocycles. The largest absolute Gasteiger partial charge is 0.136 e. The Kier molecular flexibility index (Phi) is 2.41. The second kappa shape index (κ2) is 3.79. The highest BCUT2D eigenvalue weighted by molar-refractivity contribution is 8.01. The molecule has 16 heavy (non-hydrogen) atoms. The average Bonchev–Trinajstić information content (AvgIpc) is 2.72. The summed E-state index contributed by atoms with van der Waals surface area (Å²) in [6.07, 6.45) is 0. The average molecular weight is 244 g/mol. The fraction of sp³-hybridized carbons (Fsp3) is 0.143. The second-order valence-electron chi connectivity index (χ2n) is 3.97. The van der Waals surface area contributed by atoms with Gasteiger partial charge in [-0.1, -0.05) is 30.0 Å². The Bertz CT molecular complexity index is 576. The van der Waals surface area contributed by atoms with Gasteiger partial charge in [-0.15, -0.1) is 11.3 Å². The summed E-state index contributed by atoms with van der Waals surface area (Å²) in [7, 11) is 0. The first kappa shape index (κ1) is 10.2. The first-order valence-electron chi connectivity index (χ1n) is 5.30. The molecule has 0 fully saturated rings. The highest BCUT2D eigenvalue weighted by atomic mass is 32.2. The molecule has 80 valence electrons. The predicted octanol–water partition coefficient (Wildman–Crippen LogP) is 5.16. The monoisotopic (exact) mass is 244 g/mol. The van der Waals surface area contributed by atoms with Crippen LogP contribution in [-0.2, 0) is 0 Å². The van der Waals surface area contributed by atoms with E-state index in [9.17, 15) is 0 Å². The molecule has 1 aliphatic rings. The van der Waals surface area contributed by atoms with Gasteiger partial charge in [0.05, 0.1) is 4.21 Å². The number of allylic oxidation sites excluding steroid dienone is 2. The molecule has 2 heterocycles. The van der Waals surface area contributed by atoms with Crippen molar-refractivity contribution in [2.45, 2.75) is 23.0 Å². The Morgan fingerprint density at radius 1 is 0.875 bits per heavy atom. The summed E-state index contributed by atoms with van der Waals surface area (Å²) in [4.78, 5) is 1.38. The smallest absolute Gasteiger partial charge is 0.0721 e. The van der Waals surface area contributed by atoms with Crippen LogP contribution < -0.4 is 0 Å². The normalized spacial score (nSPS) is 14.4. The molecule has 0 saturated carbocycles. The molecule has 1 aliphatic heterocycles. The topological polar surface area (TPSA) is 0 Å². The van der Waals surface area contributed by atoms with Gasteiger partial charge in [-0.25, -0.2) is 0 Å². The highest BCUT2D eigenvalue weighted by Gasteiger charge is 2.17. The van der Waals surface area contributed by atoms with Crippen LogP contribution in [-0.4, -0.2) is 0 Å². The maximum Gasteiger partial charge on any atom is 0.0721 e. The fourth-order valence-corrected chi connectivity index (χ4v) is 4.33. The van der Waals surface area contributed by atoms with Crippen LogP contribution in [0.2, 0.25) is 0 Å². The first-order chi connectivity index (χ1) is 7.77. The molecule has 0 atom stereocenters. The molecule has 0 aliphatic carbocycles. The van der Waals surface area contributed by atoms with Crippen molar-refractivity contribution < 1.29 is 0 Å². The second-order valence-corrected chi connectivity index (χ2v) is 6.20. The SMILES string of the molecule is CC1=C(C)c2ccsc2Sc2ccccc21. The van der Waals surface area contributed by atoms with Crippen molar-refractivity contribution in [2.24, 2.45) is 0 Å². The third-order valence-corrected chi connectivity index (χ3v) is 5.32.